The van der Waals surface area contributed by atoms with Gasteiger partial charge in [-0.25, -0.2) is 4.98 Å². The summed E-state index contributed by atoms with van der Waals surface area (Å²) in [7, 11) is 2.03. The summed E-state index contributed by atoms with van der Waals surface area (Å²) in [6.45, 7) is 3.25. The fourth-order valence-corrected chi connectivity index (χ4v) is 1.73. The lowest BCUT2D eigenvalue weighted by atomic mass is 10.2. The SMILES string of the molecule is Cc1cc(N)cnc1N(C)CCCCCO. The van der Waals surface area contributed by atoms with Crippen molar-refractivity contribution in [2.24, 2.45) is 0 Å². The third kappa shape index (κ3) is 3.70. The maximum absolute atomic E-state index is 8.68. The molecule has 0 radical (unpaired) electrons. The molecule has 0 saturated carbocycles. The highest BCUT2D eigenvalue weighted by Crippen LogP contribution is 2.17. The molecule has 0 amide bonds. The van der Waals surface area contributed by atoms with E-state index in [1.54, 1.807) is 6.20 Å². The summed E-state index contributed by atoms with van der Waals surface area (Å²) in [4.78, 5) is 6.46. The van der Waals surface area contributed by atoms with Crippen LogP contribution in [-0.4, -0.2) is 30.3 Å². The molecule has 1 aromatic rings. The maximum Gasteiger partial charge on any atom is 0.131 e. The number of hydrogen-bond acceptors (Lipinski definition) is 4. The van der Waals surface area contributed by atoms with Gasteiger partial charge in [0, 0.05) is 20.2 Å². The molecule has 0 aliphatic carbocycles. The zero-order valence-corrected chi connectivity index (χ0v) is 10.1. The van der Waals surface area contributed by atoms with Gasteiger partial charge in [-0.15, -0.1) is 0 Å². The number of aliphatic hydroxyl groups excluding tert-OH is 1. The number of nitrogens with two attached hydrogens (primary N) is 1. The number of anilines is 2. The summed E-state index contributed by atoms with van der Waals surface area (Å²) in [5.74, 6) is 0.984. The van der Waals surface area contributed by atoms with Crippen LogP contribution in [0.5, 0.6) is 0 Å². The normalized spacial score (nSPS) is 10.4. The highest BCUT2D eigenvalue weighted by atomic mass is 16.2. The van der Waals surface area contributed by atoms with Crippen LogP contribution in [0.4, 0.5) is 11.5 Å². The van der Waals surface area contributed by atoms with E-state index in [9.17, 15) is 0 Å². The molecule has 4 heteroatoms. The average Bonchev–Trinajstić information content (AvgIpc) is 2.24. The predicted molar refractivity (Wildman–Crippen MR) is 67.6 cm³/mol. The van der Waals surface area contributed by atoms with Crippen LogP contribution >= 0.6 is 0 Å². The minimum Gasteiger partial charge on any atom is -0.397 e. The molecular weight excluding hydrogens is 202 g/mol. The van der Waals surface area contributed by atoms with E-state index in [2.05, 4.69) is 9.88 Å². The largest absolute Gasteiger partial charge is 0.397 e. The third-order valence-corrected chi connectivity index (χ3v) is 2.58. The van der Waals surface area contributed by atoms with Gasteiger partial charge in [-0.05, 0) is 37.8 Å². The maximum atomic E-state index is 8.68. The highest BCUT2D eigenvalue weighted by molar-refractivity contribution is 5.52. The molecule has 0 spiro atoms. The molecule has 90 valence electrons. The number of aromatic nitrogens is 1. The minimum absolute atomic E-state index is 0.281. The quantitative estimate of drug-likeness (QED) is 0.719. The van der Waals surface area contributed by atoms with Crippen LogP contribution in [0, 0.1) is 6.92 Å². The van der Waals surface area contributed by atoms with E-state index in [1.165, 1.54) is 0 Å². The molecule has 3 N–H and O–H groups in total. The monoisotopic (exact) mass is 223 g/mol. The van der Waals surface area contributed by atoms with Crippen molar-refractivity contribution in [2.75, 3.05) is 30.8 Å². The second-order valence-corrected chi connectivity index (χ2v) is 4.11. The molecule has 0 aromatic carbocycles. The van der Waals surface area contributed by atoms with Crippen LogP contribution in [-0.2, 0) is 0 Å². The molecule has 0 fully saturated rings. The Balaban J connectivity index is 2.49. The molecule has 0 atom stereocenters. The van der Waals surface area contributed by atoms with Gasteiger partial charge in [0.25, 0.3) is 0 Å². The van der Waals surface area contributed by atoms with Crippen LogP contribution in [0.3, 0.4) is 0 Å². The number of rotatable bonds is 6. The van der Waals surface area contributed by atoms with Gasteiger partial charge in [-0.1, -0.05) is 0 Å². The first kappa shape index (κ1) is 12.8. The molecule has 0 saturated heterocycles. The molecule has 1 heterocycles. The fourth-order valence-electron chi connectivity index (χ4n) is 1.73. The van der Waals surface area contributed by atoms with E-state index in [-0.39, 0.29) is 6.61 Å². The van der Waals surface area contributed by atoms with Crippen LogP contribution in [0.2, 0.25) is 0 Å². The Morgan fingerprint density at radius 2 is 2.12 bits per heavy atom. The van der Waals surface area contributed by atoms with Crippen molar-refractivity contribution in [3.05, 3.63) is 17.8 Å². The summed E-state index contributed by atoms with van der Waals surface area (Å²) >= 11 is 0. The second kappa shape index (κ2) is 6.33. The predicted octanol–water partition coefficient (Wildman–Crippen LogP) is 1.57. The van der Waals surface area contributed by atoms with Crippen molar-refractivity contribution in [3.63, 3.8) is 0 Å². The molecule has 0 unspecified atom stereocenters. The number of aryl methyl sites for hydroxylation is 1. The van der Waals surface area contributed by atoms with Gasteiger partial charge in [0.1, 0.15) is 5.82 Å². The molecule has 1 aromatic heterocycles. The van der Waals surface area contributed by atoms with E-state index in [0.29, 0.717) is 5.69 Å². The van der Waals surface area contributed by atoms with Crippen molar-refractivity contribution in [3.8, 4) is 0 Å². The van der Waals surface area contributed by atoms with Crippen molar-refractivity contribution in [1.82, 2.24) is 4.98 Å². The number of aliphatic hydroxyl groups is 1. The smallest absolute Gasteiger partial charge is 0.131 e. The molecule has 4 nitrogen and oxygen atoms in total. The highest BCUT2D eigenvalue weighted by Gasteiger charge is 2.05. The van der Waals surface area contributed by atoms with Gasteiger partial charge < -0.3 is 15.7 Å². The van der Waals surface area contributed by atoms with Crippen LogP contribution in [0.15, 0.2) is 12.3 Å². The fraction of sp³-hybridized carbons (Fsp3) is 0.583. The van der Waals surface area contributed by atoms with Gasteiger partial charge in [-0.3, -0.25) is 0 Å². The molecule has 1 rings (SSSR count). The van der Waals surface area contributed by atoms with E-state index in [0.717, 1.165) is 37.2 Å². The van der Waals surface area contributed by atoms with Crippen LogP contribution < -0.4 is 10.6 Å². The van der Waals surface area contributed by atoms with E-state index < -0.39 is 0 Å². The Morgan fingerprint density at radius 3 is 2.75 bits per heavy atom. The van der Waals surface area contributed by atoms with Gasteiger partial charge in [0.2, 0.25) is 0 Å². The summed E-state index contributed by atoms with van der Waals surface area (Å²) in [6, 6.07) is 1.94. The molecule has 0 aliphatic heterocycles. The Bertz CT molecular complexity index is 328. The first-order valence-electron chi connectivity index (χ1n) is 5.69. The third-order valence-electron chi connectivity index (χ3n) is 2.58. The van der Waals surface area contributed by atoms with Gasteiger partial charge in [0.15, 0.2) is 0 Å². The van der Waals surface area contributed by atoms with E-state index in [1.807, 2.05) is 20.0 Å². The second-order valence-electron chi connectivity index (χ2n) is 4.11. The Hall–Kier alpha value is -1.29. The molecule has 16 heavy (non-hydrogen) atoms. The van der Waals surface area contributed by atoms with E-state index in [4.69, 9.17) is 10.8 Å². The van der Waals surface area contributed by atoms with Gasteiger partial charge in [0.05, 0.1) is 11.9 Å². The summed E-state index contributed by atoms with van der Waals surface area (Å²) in [6.07, 6.45) is 4.69. The summed E-state index contributed by atoms with van der Waals surface area (Å²) in [5.41, 5.74) is 7.46. The van der Waals surface area contributed by atoms with Crippen molar-refractivity contribution in [2.45, 2.75) is 26.2 Å². The lowest BCUT2D eigenvalue weighted by molar-refractivity contribution is 0.283. The number of unbranched alkanes of at least 4 members (excludes halogenated alkanes) is 2. The Kier molecular flexibility index (Phi) is 5.05. The molecule has 0 aliphatic rings. The summed E-state index contributed by atoms with van der Waals surface area (Å²) < 4.78 is 0. The lowest BCUT2D eigenvalue weighted by Gasteiger charge is -2.20. The average molecular weight is 223 g/mol. The Morgan fingerprint density at radius 1 is 1.38 bits per heavy atom. The number of nitrogen functional groups attached to an aromatic ring is 1. The zero-order chi connectivity index (χ0) is 12.0. The van der Waals surface area contributed by atoms with Gasteiger partial charge >= 0.3 is 0 Å². The number of hydrogen-bond donors (Lipinski definition) is 2. The first-order chi connectivity index (χ1) is 7.65. The minimum atomic E-state index is 0.281. The Labute approximate surface area is 97.1 Å². The summed E-state index contributed by atoms with van der Waals surface area (Å²) in [5, 5.41) is 8.68. The van der Waals surface area contributed by atoms with Crippen molar-refractivity contribution >= 4 is 11.5 Å². The zero-order valence-electron chi connectivity index (χ0n) is 10.1. The van der Waals surface area contributed by atoms with E-state index >= 15 is 0 Å². The van der Waals surface area contributed by atoms with Crippen molar-refractivity contribution < 1.29 is 5.11 Å². The first-order valence-corrected chi connectivity index (χ1v) is 5.69. The topological polar surface area (TPSA) is 62.4 Å². The number of nitrogens with zero attached hydrogens (tertiary/aromatic N) is 2. The van der Waals surface area contributed by atoms with Crippen LogP contribution in [0.1, 0.15) is 24.8 Å². The van der Waals surface area contributed by atoms with Gasteiger partial charge in [-0.2, -0.15) is 0 Å². The lowest BCUT2D eigenvalue weighted by Crippen LogP contribution is -2.20. The standard InChI is InChI=1S/C12H21N3O/c1-10-8-11(13)9-14-12(10)15(2)6-4-3-5-7-16/h8-9,16H,3-7,13H2,1-2H3. The molecule has 0 bridgehead atoms. The molecular formula is C12H21N3O. The van der Waals surface area contributed by atoms with Crippen LogP contribution in [0.25, 0.3) is 0 Å². The van der Waals surface area contributed by atoms with Crippen molar-refractivity contribution in [1.29, 1.82) is 0 Å². The number of pyridine rings is 1.